The highest BCUT2D eigenvalue weighted by Gasteiger charge is 2.25. The van der Waals surface area contributed by atoms with Gasteiger partial charge >= 0.3 is 0 Å². The average Bonchev–Trinajstić information content (AvgIpc) is 2.27. The van der Waals surface area contributed by atoms with Gasteiger partial charge in [-0.2, -0.15) is 0 Å². The first-order chi connectivity index (χ1) is 8.46. The highest BCUT2D eigenvalue weighted by molar-refractivity contribution is 7.91. The van der Waals surface area contributed by atoms with E-state index in [4.69, 9.17) is 0 Å². The van der Waals surface area contributed by atoms with E-state index >= 15 is 0 Å². The van der Waals surface area contributed by atoms with Crippen molar-refractivity contribution in [1.82, 2.24) is 5.32 Å². The Labute approximate surface area is 108 Å². The normalized spacial score (nSPS) is 24.6. The minimum atomic E-state index is -2.88. The van der Waals surface area contributed by atoms with E-state index in [9.17, 15) is 13.5 Å². The third-order valence-corrected chi connectivity index (χ3v) is 5.14. The molecule has 1 heterocycles. The number of phenols is 1. The summed E-state index contributed by atoms with van der Waals surface area (Å²) >= 11 is 0. The Kier molecular flexibility index (Phi) is 3.92. The molecule has 1 aliphatic rings. The molecule has 18 heavy (non-hydrogen) atoms. The first-order valence-corrected chi connectivity index (χ1v) is 8.04. The molecule has 4 nitrogen and oxygen atoms in total. The Bertz CT molecular complexity index is 513. The van der Waals surface area contributed by atoms with Crippen LogP contribution in [0.3, 0.4) is 0 Å². The number of hydrogen-bond acceptors (Lipinski definition) is 4. The van der Waals surface area contributed by atoms with Crippen molar-refractivity contribution in [2.75, 3.05) is 11.5 Å². The molecule has 1 fully saturated rings. The zero-order valence-electron chi connectivity index (χ0n) is 10.5. The second-order valence-corrected chi connectivity index (χ2v) is 7.17. The van der Waals surface area contributed by atoms with Gasteiger partial charge in [0.15, 0.2) is 9.84 Å². The van der Waals surface area contributed by atoms with Crippen molar-refractivity contribution in [2.45, 2.75) is 31.8 Å². The van der Waals surface area contributed by atoms with Crippen molar-refractivity contribution < 1.29 is 13.5 Å². The molecular formula is C13H19NO3S. The molecule has 2 atom stereocenters. The maximum atomic E-state index is 11.6. The van der Waals surface area contributed by atoms with Gasteiger partial charge in [-0.25, -0.2) is 8.42 Å². The highest BCUT2D eigenvalue weighted by Crippen LogP contribution is 2.20. The maximum Gasteiger partial charge on any atom is 0.151 e. The third kappa shape index (κ3) is 3.46. The highest BCUT2D eigenvalue weighted by atomic mass is 32.2. The van der Waals surface area contributed by atoms with Crippen LogP contribution < -0.4 is 5.32 Å². The Hall–Kier alpha value is -1.07. The summed E-state index contributed by atoms with van der Waals surface area (Å²) in [4.78, 5) is 0. The predicted molar refractivity (Wildman–Crippen MR) is 71.3 cm³/mol. The van der Waals surface area contributed by atoms with E-state index in [-0.39, 0.29) is 23.6 Å². The lowest BCUT2D eigenvalue weighted by molar-refractivity contribution is 0.434. The molecule has 0 radical (unpaired) electrons. The monoisotopic (exact) mass is 269 g/mol. The van der Waals surface area contributed by atoms with Gasteiger partial charge < -0.3 is 10.4 Å². The van der Waals surface area contributed by atoms with Gasteiger partial charge in [0.05, 0.1) is 11.5 Å². The molecule has 1 unspecified atom stereocenters. The van der Waals surface area contributed by atoms with Crippen molar-refractivity contribution in [2.24, 2.45) is 0 Å². The van der Waals surface area contributed by atoms with E-state index in [1.54, 1.807) is 18.2 Å². The van der Waals surface area contributed by atoms with E-state index in [0.29, 0.717) is 5.75 Å². The van der Waals surface area contributed by atoms with Crippen LogP contribution >= 0.6 is 0 Å². The third-order valence-electron chi connectivity index (χ3n) is 3.32. The van der Waals surface area contributed by atoms with Gasteiger partial charge in [-0.05, 0) is 37.5 Å². The molecule has 2 N–H and O–H groups in total. The first-order valence-electron chi connectivity index (χ1n) is 6.22. The Morgan fingerprint density at radius 3 is 2.89 bits per heavy atom. The Balaban J connectivity index is 2.01. The maximum absolute atomic E-state index is 11.6. The number of rotatable bonds is 3. The standard InChI is InChI=1S/C13H19NO3S/c1-10(11-4-2-6-13(15)8-11)14-12-5-3-7-18(16,17)9-12/h2,4,6,8,10,12,14-15H,3,5,7,9H2,1H3/t10-,12?/m0/s1. The van der Waals surface area contributed by atoms with Gasteiger partial charge in [0, 0.05) is 12.1 Å². The quantitative estimate of drug-likeness (QED) is 0.875. The van der Waals surface area contributed by atoms with Crippen molar-refractivity contribution in [1.29, 1.82) is 0 Å². The Morgan fingerprint density at radius 1 is 1.44 bits per heavy atom. The smallest absolute Gasteiger partial charge is 0.151 e. The minimum absolute atomic E-state index is 0.0149. The van der Waals surface area contributed by atoms with Crippen LogP contribution in [0.15, 0.2) is 24.3 Å². The average molecular weight is 269 g/mol. The van der Waals surface area contributed by atoms with Crippen LogP contribution in [0, 0.1) is 0 Å². The SMILES string of the molecule is C[C@H](NC1CCCS(=O)(=O)C1)c1cccc(O)c1. The molecular weight excluding hydrogens is 250 g/mol. The van der Waals surface area contributed by atoms with Crippen molar-refractivity contribution >= 4 is 9.84 Å². The summed E-state index contributed by atoms with van der Waals surface area (Å²) < 4.78 is 23.1. The number of hydrogen-bond donors (Lipinski definition) is 2. The second kappa shape index (κ2) is 5.28. The fourth-order valence-corrected chi connectivity index (χ4v) is 4.05. The lowest BCUT2D eigenvalue weighted by Crippen LogP contribution is -2.41. The molecule has 0 saturated carbocycles. The van der Waals surface area contributed by atoms with Gasteiger partial charge in [-0.15, -0.1) is 0 Å². The number of nitrogens with one attached hydrogen (secondary N) is 1. The van der Waals surface area contributed by atoms with Gasteiger partial charge in [0.2, 0.25) is 0 Å². The summed E-state index contributed by atoms with van der Waals surface area (Å²) in [6, 6.07) is 7.10. The van der Waals surface area contributed by atoms with Crippen molar-refractivity contribution in [3.05, 3.63) is 29.8 Å². The van der Waals surface area contributed by atoms with Crippen LogP contribution in [0.25, 0.3) is 0 Å². The second-order valence-electron chi connectivity index (χ2n) is 4.94. The van der Waals surface area contributed by atoms with E-state index in [2.05, 4.69) is 5.32 Å². The van der Waals surface area contributed by atoms with Gasteiger partial charge in [-0.3, -0.25) is 0 Å². The molecule has 1 aliphatic heterocycles. The summed E-state index contributed by atoms with van der Waals surface area (Å²) in [6.45, 7) is 1.98. The first kappa shape index (κ1) is 13.4. The van der Waals surface area contributed by atoms with E-state index in [1.165, 1.54) is 0 Å². The summed E-state index contributed by atoms with van der Waals surface area (Å²) in [5, 5.41) is 12.8. The van der Waals surface area contributed by atoms with Crippen molar-refractivity contribution in [3.8, 4) is 5.75 Å². The number of aromatic hydroxyl groups is 1. The van der Waals surface area contributed by atoms with Gasteiger partial charge in [0.25, 0.3) is 0 Å². The summed E-state index contributed by atoms with van der Waals surface area (Å²) in [5.41, 5.74) is 0.970. The molecule has 5 heteroatoms. The van der Waals surface area contributed by atoms with Gasteiger partial charge in [-0.1, -0.05) is 12.1 Å². The Morgan fingerprint density at radius 2 is 2.22 bits per heavy atom. The van der Waals surface area contributed by atoms with Crippen LogP contribution in [0.2, 0.25) is 0 Å². The van der Waals surface area contributed by atoms with Crippen LogP contribution in [-0.4, -0.2) is 31.1 Å². The van der Waals surface area contributed by atoms with Crippen molar-refractivity contribution in [3.63, 3.8) is 0 Å². The van der Waals surface area contributed by atoms with E-state index < -0.39 is 9.84 Å². The lowest BCUT2D eigenvalue weighted by Gasteiger charge is -2.26. The molecule has 0 aromatic heterocycles. The molecule has 1 aromatic carbocycles. The molecule has 100 valence electrons. The fraction of sp³-hybridized carbons (Fsp3) is 0.538. The lowest BCUT2D eigenvalue weighted by atomic mass is 10.1. The zero-order chi connectivity index (χ0) is 13.2. The fourth-order valence-electron chi connectivity index (χ4n) is 2.40. The molecule has 0 amide bonds. The van der Waals surface area contributed by atoms with Crippen LogP contribution in [0.1, 0.15) is 31.4 Å². The van der Waals surface area contributed by atoms with Gasteiger partial charge in [0.1, 0.15) is 5.75 Å². The largest absolute Gasteiger partial charge is 0.508 e. The van der Waals surface area contributed by atoms with Crippen LogP contribution in [0.5, 0.6) is 5.75 Å². The number of sulfone groups is 1. The molecule has 0 spiro atoms. The molecule has 1 saturated heterocycles. The number of phenolic OH excluding ortho intramolecular Hbond substituents is 1. The van der Waals surface area contributed by atoms with Crippen LogP contribution in [0.4, 0.5) is 0 Å². The molecule has 2 rings (SSSR count). The molecule has 0 aliphatic carbocycles. The zero-order valence-corrected chi connectivity index (χ0v) is 11.3. The minimum Gasteiger partial charge on any atom is -0.508 e. The van der Waals surface area contributed by atoms with E-state index in [1.807, 2.05) is 13.0 Å². The molecule has 1 aromatic rings. The summed E-state index contributed by atoms with van der Waals surface area (Å²) in [7, 11) is -2.88. The summed E-state index contributed by atoms with van der Waals surface area (Å²) in [6.07, 6.45) is 1.62. The van der Waals surface area contributed by atoms with Crippen LogP contribution in [-0.2, 0) is 9.84 Å². The topological polar surface area (TPSA) is 66.4 Å². The number of benzene rings is 1. The summed E-state index contributed by atoms with van der Waals surface area (Å²) in [5.74, 6) is 0.763. The predicted octanol–water partition coefficient (Wildman–Crippen LogP) is 1.62. The van der Waals surface area contributed by atoms with E-state index in [0.717, 1.165) is 18.4 Å². The molecule has 0 bridgehead atoms.